The van der Waals surface area contributed by atoms with E-state index in [1.54, 1.807) is 0 Å². The smallest absolute Gasteiger partial charge is 0.489 e. The Kier molecular flexibility index (Phi) is 4.79. The molecule has 0 atom stereocenters. The van der Waals surface area contributed by atoms with Crippen LogP contribution in [-0.2, 0) is 17.8 Å². The van der Waals surface area contributed by atoms with E-state index in [-0.39, 0.29) is 18.2 Å². The van der Waals surface area contributed by atoms with Crippen LogP contribution in [0.4, 0.5) is 13.2 Å². The van der Waals surface area contributed by atoms with Gasteiger partial charge in [-0.25, -0.2) is 9.97 Å². The van der Waals surface area contributed by atoms with E-state index in [4.69, 9.17) is 4.74 Å². The summed E-state index contributed by atoms with van der Waals surface area (Å²) in [7, 11) is 0. The first-order valence-electron chi connectivity index (χ1n) is 7.65. The lowest BCUT2D eigenvalue weighted by Gasteiger charge is -2.12. The third-order valence-corrected chi connectivity index (χ3v) is 3.53. The number of ether oxygens (including phenoxy) is 2. The van der Waals surface area contributed by atoms with Crippen LogP contribution in [0.1, 0.15) is 11.5 Å². The number of nitrogens with one attached hydrogen (secondary N) is 1. The molecule has 0 aliphatic carbocycles. The van der Waals surface area contributed by atoms with Crippen LogP contribution >= 0.6 is 0 Å². The summed E-state index contributed by atoms with van der Waals surface area (Å²) in [5.74, 6) is 0.176. The molecule has 0 fully saturated rings. The Morgan fingerprint density at radius 2 is 2.04 bits per heavy atom. The first kappa shape index (κ1) is 17.7. The van der Waals surface area contributed by atoms with Crippen LogP contribution in [0.15, 0.2) is 36.9 Å². The van der Waals surface area contributed by atoms with E-state index < -0.39 is 6.36 Å². The van der Waals surface area contributed by atoms with Crippen LogP contribution in [0.3, 0.4) is 0 Å². The van der Waals surface area contributed by atoms with Crippen molar-refractivity contribution >= 4 is 5.91 Å². The lowest BCUT2D eigenvalue weighted by Crippen LogP contribution is -2.21. The number of alkyl halides is 3. The minimum atomic E-state index is -4.75. The summed E-state index contributed by atoms with van der Waals surface area (Å²) in [6, 6.07) is 5.31. The van der Waals surface area contributed by atoms with Crippen molar-refractivity contribution in [3.63, 3.8) is 0 Å². The predicted molar refractivity (Wildman–Crippen MR) is 85.4 cm³/mol. The average Bonchev–Trinajstić information content (AvgIpc) is 3.06. The van der Waals surface area contributed by atoms with Gasteiger partial charge in [0.1, 0.15) is 17.3 Å². The molecule has 3 rings (SSSR count). The number of benzene rings is 1. The molecule has 26 heavy (non-hydrogen) atoms. The predicted octanol–water partition coefficient (Wildman–Crippen LogP) is 2.78. The molecule has 0 saturated carbocycles. The van der Waals surface area contributed by atoms with Gasteiger partial charge in [0.15, 0.2) is 5.75 Å². The molecule has 0 saturated heterocycles. The number of hydrogen-bond donors (Lipinski definition) is 1. The summed E-state index contributed by atoms with van der Waals surface area (Å²) in [6.07, 6.45) is -3.03. The minimum absolute atomic E-state index is 0.0976. The molecule has 1 amide bonds. The summed E-state index contributed by atoms with van der Waals surface area (Å²) in [5, 5.41) is 2.59. The number of hydrogen-bond acceptors (Lipinski definition) is 5. The van der Waals surface area contributed by atoms with Gasteiger partial charge >= 0.3 is 6.36 Å². The van der Waals surface area contributed by atoms with Crippen molar-refractivity contribution in [1.29, 1.82) is 0 Å². The number of nitrogens with zero attached hydrogens (tertiary/aromatic N) is 2. The van der Waals surface area contributed by atoms with Crippen molar-refractivity contribution in [1.82, 2.24) is 15.3 Å². The van der Waals surface area contributed by atoms with Crippen molar-refractivity contribution in [3.05, 3.63) is 48.4 Å². The second kappa shape index (κ2) is 7.03. The maximum absolute atomic E-state index is 12.3. The highest BCUT2D eigenvalue weighted by Crippen LogP contribution is 2.35. The molecule has 136 valence electrons. The number of aromatic nitrogens is 2. The van der Waals surface area contributed by atoms with Crippen LogP contribution in [0.5, 0.6) is 11.5 Å². The summed E-state index contributed by atoms with van der Waals surface area (Å²) < 4.78 is 46.2. The van der Waals surface area contributed by atoms with Gasteiger partial charge in [0.25, 0.3) is 0 Å². The minimum Gasteiger partial charge on any atom is -0.489 e. The van der Waals surface area contributed by atoms with E-state index >= 15 is 0 Å². The number of carbonyl (C=O) groups excluding carboxylic acids is 1. The summed E-state index contributed by atoms with van der Waals surface area (Å²) in [4.78, 5) is 20.0. The molecule has 0 spiro atoms. The zero-order chi connectivity index (χ0) is 18.7. The lowest BCUT2D eigenvalue weighted by molar-refractivity contribution is -0.274. The third kappa shape index (κ3) is 4.11. The van der Waals surface area contributed by atoms with Crippen LogP contribution in [0, 0.1) is 0 Å². The second-order valence-electron chi connectivity index (χ2n) is 5.36. The standard InChI is InChI=1S/C17H14F3N3O3/c1-2-14(24)21-9-13-22-12-7-8-25-16(12)15(23-13)10-3-5-11(6-4-10)26-17(18,19)20/h2-6H,1,7-9H2,(H,21,24). The van der Waals surface area contributed by atoms with Crippen molar-refractivity contribution in [2.24, 2.45) is 0 Å². The van der Waals surface area contributed by atoms with E-state index in [1.807, 2.05) is 0 Å². The zero-order valence-corrected chi connectivity index (χ0v) is 13.5. The molecule has 1 aliphatic heterocycles. The Morgan fingerprint density at radius 3 is 2.69 bits per heavy atom. The van der Waals surface area contributed by atoms with Crippen molar-refractivity contribution in [3.8, 4) is 22.8 Å². The number of carbonyl (C=O) groups is 1. The molecule has 1 aromatic heterocycles. The SMILES string of the molecule is C=CC(=O)NCc1nc2c(c(-c3ccc(OC(F)(F)F)cc3)n1)OCC2. The Balaban J connectivity index is 1.90. The number of halogens is 3. The van der Waals surface area contributed by atoms with E-state index in [1.165, 1.54) is 24.3 Å². The lowest BCUT2D eigenvalue weighted by atomic mass is 10.1. The highest BCUT2D eigenvalue weighted by atomic mass is 19.4. The van der Waals surface area contributed by atoms with Gasteiger partial charge in [0.2, 0.25) is 5.91 Å². The van der Waals surface area contributed by atoms with E-state index in [0.717, 1.165) is 6.08 Å². The fourth-order valence-corrected chi connectivity index (χ4v) is 2.45. The van der Waals surface area contributed by atoms with Gasteiger partial charge < -0.3 is 14.8 Å². The third-order valence-electron chi connectivity index (χ3n) is 3.53. The Morgan fingerprint density at radius 1 is 1.31 bits per heavy atom. The van der Waals surface area contributed by atoms with Crippen molar-refractivity contribution in [2.45, 2.75) is 19.3 Å². The Labute approximate surface area is 146 Å². The molecular weight excluding hydrogens is 351 g/mol. The van der Waals surface area contributed by atoms with Crippen LogP contribution < -0.4 is 14.8 Å². The normalized spacial score (nSPS) is 12.9. The van der Waals surface area contributed by atoms with Crippen molar-refractivity contribution < 1.29 is 27.4 Å². The molecule has 2 heterocycles. The topological polar surface area (TPSA) is 73.3 Å². The Hall–Kier alpha value is -3.10. The fraction of sp³-hybridized carbons (Fsp3) is 0.235. The zero-order valence-electron chi connectivity index (χ0n) is 13.5. The molecule has 0 radical (unpaired) electrons. The van der Waals surface area contributed by atoms with Gasteiger partial charge in [-0.05, 0) is 30.3 Å². The van der Waals surface area contributed by atoms with Gasteiger partial charge in [0.05, 0.1) is 18.8 Å². The van der Waals surface area contributed by atoms with Crippen LogP contribution in [0.2, 0.25) is 0 Å². The highest BCUT2D eigenvalue weighted by Gasteiger charge is 2.31. The average molecular weight is 365 g/mol. The fourth-order valence-electron chi connectivity index (χ4n) is 2.45. The van der Waals surface area contributed by atoms with Crippen molar-refractivity contribution in [2.75, 3.05) is 6.61 Å². The van der Waals surface area contributed by atoms with Gasteiger partial charge in [-0.3, -0.25) is 4.79 Å². The van der Waals surface area contributed by atoms with E-state index in [9.17, 15) is 18.0 Å². The molecule has 0 bridgehead atoms. The monoisotopic (exact) mass is 365 g/mol. The first-order chi connectivity index (χ1) is 12.4. The molecule has 6 nitrogen and oxygen atoms in total. The second-order valence-corrected chi connectivity index (χ2v) is 5.36. The highest BCUT2D eigenvalue weighted by molar-refractivity contribution is 5.86. The van der Waals surface area contributed by atoms with E-state index in [2.05, 4.69) is 26.6 Å². The van der Waals surface area contributed by atoms with E-state index in [0.29, 0.717) is 41.6 Å². The van der Waals surface area contributed by atoms with Gasteiger partial charge in [-0.2, -0.15) is 0 Å². The molecular formula is C17H14F3N3O3. The van der Waals surface area contributed by atoms with Gasteiger partial charge in [-0.1, -0.05) is 6.58 Å². The summed E-state index contributed by atoms with van der Waals surface area (Å²) >= 11 is 0. The summed E-state index contributed by atoms with van der Waals surface area (Å²) in [6.45, 7) is 3.90. The van der Waals surface area contributed by atoms with Crippen LogP contribution in [0.25, 0.3) is 11.3 Å². The maximum Gasteiger partial charge on any atom is 0.573 e. The summed E-state index contributed by atoms with van der Waals surface area (Å²) in [5.41, 5.74) is 1.69. The van der Waals surface area contributed by atoms with Gasteiger partial charge in [-0.15, -0.1) is 13.2 Å². The molecule has 1 aromatic carbocycles. The molecule has 1 aliphatic rings. The molecule has 9 heteroatoms. The largest absolute Gasteiger partial charge is 0.573 e. The number of rotatable bonds is 5. The maximum atomic E-state index is 12.3. The first-order valence-corrected chi connectivity index (χ1v) is 7.65. The molecule has 1 N–H and O–H groups in total. The van der Waals surface area contributed by atoms with Crippen LogP contribution in [-0.4, -0.2) is 28.8 Å². The number of amides is 1. The molecule has 2 aromatic rings. The molecule has 0 unspecified atom stereocenters. The Bertz CT molecular complexity index is 836. The quantitative estimate of drug-likeness (QED) is 0.825. The van der Waals surface area contributed by atoms with Gasteiger partial charge in [0, 0.05) is 12.0 Å². The number of fused-ring (bicyclic) bond motifs is 1.